The summed E-state index contributed by atoms with van der Waals surface area (Å²) in [5, 5.41) is 10.1. The van der Waals surface area contributed by atoms with Crippen LogP contribution in [0.4, 0.5) is 5.95 Å². The highest BCUT2D eigenvalue weighted by molar-refractivity contribution is 5.84. The zero-order valence-electron chi connectivity index (χ0n) is 17.7. The number of pyridine rings is 1. The fourth-order valence-corrected chi connectivity index (χ4v) is 4.27. The lowest BCUT2D eigenvalue weighted by molar-refractivity contribution is -0.137. The molecule has 0 aliphatic heterocycles. The molecule has 3 aromatic rings. The Morgan fingerprint density at radius 1 is 1.19 bits per heavy atom. The van der Waals surface area contributed by atoms with Crippen molar-refractivity contribution in [3.8, 4) is 17.1 Å². The quantitative estimate of drug-likeness (QED) is 0.604. The molecule has 1 fully saturated rings. The van der Waals surface area contributed by atoms with E-state index in [1.54, 1.807) is 23.0 Å². The Bertz CT molecular complexity index is 1140. The predicted octanol–water partition coefficient (Wildman–Crippen LogP) is 1.77. The van der Waals surface area contributed by atoms with Crippen molar-refractivity contribution in [1.82, 2.24) is 24.5 Å². The van der Waals surface area contributed by atoms with Crippen molar-refractivity contribution in [2.24, 2.45) is 0 Å². The minimum atomic E-state index is -0.924. The Morgan fingerprint density at radius 3 is 2.55 bits per heavy atom. The first kappa shape index (κ1) is 21.1. The van der Waals surface area contributed by atoms with Gasteiger partial charge in [-0.2, -0.15) is 4.98 Å². The first-order valence-electron chi connectivity index (χ1n) is 10.3. The summed E-state index contributed by atoms with van der Waals surface area (Å²) in [6, 6.07) is 1.96. The van der Waals surface area contributed by atoms with E-state index in [1.807, 2.05) is 6.92 Å². The number of fused-ring (bicyclic) bond motifs is 1. The summed E-state index contributed by atoms with van der Waals surface area (Å²) in [6.07, 6.45) is 7.21. The lowest BCUT2D eigenvalue weighted by Gasteiger charge is -2.39. The van der Waals surface area contributed by atoms with E-state index in [4.69, 9.17) is 15.2 Å². The number of nitrogens with zero attached hydrogens (tertiary/aromatic N) is 5. The third kappa shape index (κ3) is 3.84. The fourth-order valence-electron chi connectivity index (χ4n) is 4.27. The summed E-state index contributed by atoms with van der Waals surface area (Å²) in [7, 11) is 1.48. The van der Waals surface area contributed by atoms with Crippen LogP contribution in [-0.2, 0) is 10.5 Å². The van der Waals surface area contributed by atoms with Gasteiger partial charge < -0.3 is 20.3 Å². The maximum atomic E-state index is 13.9. The van der Waals surface area contributed by atoms with E-state index >= 15 is 0 Å². The van der Waals surface area contributed by atoms with Gasteiger partial charge in [0.1, 0.15) is 5.72 Å². The summed E-state index contributed by atoms with van der Waals surface area (Å²) >= 11 is 0. The number of aryl methyl sites for hydroxylation is 1. The molecule has 0 amide bonds. The summed E-state index contributed by atoms with van der Waals surface area (Å²) < 4.78 is 12.8. The normalized spacial score (nSPS) is 15.8. The molecule has 1 aliphatic carbocycles. The number of aliphatic hydroxyl groups is 1. The highest BCUT2D eigenvalue weighted by Gasteiger charge is 2.38. The number of ether oxygens (including phenoxy) is 2. The summed E-state index contributed by atoms with van der Waals surface area (Å²) in [5.74, 6) is 0.0896. The summed E-state index contributed by atoms with van der Waals surface area (Å²) in [4.78, 5) is 30.9. The first-order valence-corrected chi connectivity index (χ1v) is 10.3. The van der Waals surface area contributed by atoms with E-state index < -0.39 is 5.72 Å². The highest BCUT2D eigenvalue weighted by atomic mass is 16.5. The van der Waals surface area contributed by atoms with Gasteiger partial charge in [-0.15, -0.1) is 0 Å². The SMILES string of the molecule is COc1ncc(-c2cc3c(C)nc(N)nc3n(C3(OCCO)CCCCC3)c2=O)cn1. The van der Waals surface area contributed by atoms with Gasteiger partial charge in [-0.25, -0.2) is 15.0 Å². The number of nitrogen functional groups attached to an aromatic ring is 1. The van der Waals surface area contributed by atoms with Gasteiger partial charge in [0.15, 0.2) is 5.65 Å². The molecule has 3 aromatic heterocycles. The average molecular weight is 426 g/mol. The number of hydrogen-bond acceptors (Lipinski definition) is 9. The standard InChI is InChI=1S/C21H26N6O4/c1-13-15-10-16(14-11-23-20(30-2)24-12-14)18(29)27(17(15)26-19(22)25-13)21(31-9-8-28)6-4-3-5-7-21/h10-12,28H,3-9H2,1-2H3,(H2,22,25,26). The summed E-state index contributed by atoms with van der Waals surface area (Å²) in [6.45, 7) is 1.80. The number of aromatic nitrogens is 5. The van der Waals surface area contributed by atoms with Gasteiger partial charge in [-0.1, -0.05) is 6.42 Å². The molecule has 4 rings (SSSR count). The third-order valence-electron chi connectivity index (χ3n) is 5.69. The molecule has 0 spiro atoms. The molecule has 10 nitrogen and oxygen atoms in total. The molecule has 31 heavy (non-hydrogen) atoms. The van der Waals surface area contributed by atoms with Crippen molar-refractivity contribution < 1.29 is 14.6 Å². The molecular formula is C21H26N6O4. The minimum absolute atomic E-state index is 0.0896. The van der Waals surface area contributed by atoms with Crippen molar-refractivity contribution >= 4 is 17.0 Å². The highest BCUT2D eigenvalue weighted by Crippen LogP contribution is 2.38. The van der Waals surface area contributed by atoms with E-state index in [9.17, 15) is 9.90 Å². The summed E-state index contributed by atoms with van der Waals surface area (Å²) in [5.41, 5.74) is 6.77. The fraction of sp³-hybridized carbons (Fsp3) is 0.476. The molecule has 3 N–H and O–H groups in total. The van der Waals surface area contributed by atoms with Crippen LogP contribution in [0.2, 0.25) is 0 Å². The molecule has 0 atom stereocenters. The van der Waals surface area contributed by atoms with Crippen LogP contribution in [-0.4, -0.2) is 49.9 Å². The lowest BCUT2D eigenvalue weighted by Crippen LogP contribution is -2.46. The van der Waals surface area contributed by atoms with E-state index in [1.165, 1.54) is 7.11 Å². The Balaban J connectivity index is 2.03. The van der Waals surface area contributed by atoms with Crippen molar-refractivity contribution in [1.29, 1.82) is 0 Å². The van der Waals surface area contributed by atoms with Crippen LogP contribution in [0.3, 0.4) is 0 Å². The number of rotatable bonds is 6. The van der Waals surface area contributed by atoms with Crippen LogP contribution in [0.15, 0.2) is 23.3 Å². The van der Waals surface area contributed by atoms with E-state index in [0.717, 1.165) is 19.3 Å². The van der Waals surface area contributed by atoms with Crippen LogP contribution in [0, 0.1) is 6.92 Å². The molecule has 1 aliphatic rings. The molecule has 0 bridgehead atoms. The number of nitrogens with two attached hydrogens (primary N) is 1. The maximum Gasteiger partial charge on any atom is 0.316 e. The molecular weight excluding hydrogens is 400 g/mol. The zero-order chi connectivity index (χ0) is 22.0. The van der Waals surface area contributed by atoms with Crippen LogP contribution < -0.4 is 16.0 Å². The second-order valence-electron chi connectivity index (χ2n) is 7.64. The lowest BCUT2D eigenvalue weighted by atomic mass is 9.90. The van der Waals surface area contributed by atoms with Gasteiger partial charge in [0, 0.05) is 23.3 Å². The number of methoxy groups -OCH3 is 1. The minimum Gasteiger partial charge on any atom is -0.467 e. The Kier molecular flexibility index (Phi) is 5.84. The number of anilines is 1. The first-order chi connectivity index (χ1) is 15.0. The molecule has 0 saturated heterocycles. The molecule has 3 heterocycles. The Labute approximate surface area is 179 Å². The van der Waals surface area contributed by atoms with Gasteiger partial charge in [0.05, 0.1) is 31.6 Å². The molecule has 0 radical (unpaired) electrons. The van der Waals surface area contributed by atoms with Gasteiger partial charge in [0.2, 0.25) is 5.95 Å². The number of hydrogen-bond donors (Lipinski definition) is 2. The van der Waals surface area contributed by atoms with Crippen LogP contribution in [0.1, 0.15) is 37.8 Å². The molecule has 0 unspecified atom stereocenters. The van der Waals surface area contributed by atoms with Crippen molar-refractivity contribution in [3.05, 3.63) is 34.5 Å². The van der Waals surface area contributed by atoms with Gasteiger partial charge in [-0.3, -0.25) is 9.36 Å². The van der Waals surface area contributed by atoms with E-state index in [2.05, 4.69) is 19.9 Å². The Morgan fingerprint density at radius 2 is 1.90 bits per heavy atom. The Hall–Kier alpha value is -3.11. The van der Waals surface area contributed by atoms with Crippen LogP contribution >= 0.6 is 0 Å². The van der Waals surface area contributed by atoms with Crippen LogP contribution in [0.25, 0.3) is 22.2 Å². The molecule has 0 aromatic carbocycles. The van der Waals surface area contributed by atoms with Crippen molar-refractivity contribution in [2.45, 2.75) is 44.8 Å². The van der Waals surface area contributed by atoms with Crippen molar-refractivity contribution in [2.75, 3.05) is 26.1 Å². The topological polar surface area (TPSA) is 138 Å². The molecule has 1 saturated carbocycles. The molecule has 10 heteroatoms. The van der Waals surface area contributed by atoms with E-state index in [-0.39, 0.29) is 30.7 Å². The third-order valence-corrected chi connectivity index (χ3v) is 5.69. The van der Waals surface area contributed by atoms with Crippen molar-refractivity contribution in [3.63, 3.8) is 0 Å². The number of aliphatic hydroxyl groups excluding tert-OH is 1. The van der Waals surface area contributed by atoms with E-state index in [0.29, 0.717) is 40.7 Å². The monoisotopic (exact) mass is 426 g/mol. The second kappa shape index (κ2) is 8.56. The predicted molar refractivity (Wildman–Crippen MR) is 115 cm³/mol. The molecule has 164 valence electrons. The smallest absolute Gasteiger partial charge is 0.316 e. The average Bonchev–Trinajstić information content (AvgIpc) is 2.78. The zero-order valence-corrected chi connectivity index (χ0v) is 17.7. The second-order valence-corrected chi connectivity index (χ2v) is 7.64. The largest absolute Gasteiger partial charge is 0.467 e. The van der Waals surface area contributed by atoms with Gasteiger partial charge >= 0.3 is 6.01 Å². The maximum absolute atomic E-state index is 13.9. The van der Waals surface area contributed by atoms with Crippen LogP contribution in [0.5, 0.6) is 6.01 Å². The van der Waals surface area contributed by atoms with Gasteiger partial charge in [0.25, 0.3) is 5.56 Å². The van der Waals surface area contributed by atoms with Gasteiger partial charge in [-0.05, 0) is 38.7 Å².